The third-order valence-electron chi connectivity index (χ3n) is 2.88. The molecule has 0 fully saturated rings. The minimum absolute atomic E-state index is 0.220. The van der Waals surface area contributed by atoms with Crippen LogP contribution in [0.3, 0.4) is 0 Å². The van der Waals surface area contributed by atoms with Gasteiger partial charge in [0.05, 0.1) is 10.7 Å². The van der Waals surface area contributed by atoms with Crippen LogP contribution in [0.15, 0.2) is 23.6 Å². The molecule has 0 spiro atoms. The van der Waals surface area contributed by atoms with Crippen molar-refractivity contribution in [1.82, 2.24) is 9.88 Å². The number of aryl methyl sites for hydroxylation is 1. The minimum atomic E-state index is -0.325. The first-order valence-electron chi connectivity index (χ1n) is 6.13. The van der Waals surface area contributed by atoms with Crippen molar-refractivity contribution in [2.75, 3.05) is 7.05 Å². The first-order valence-corrected chi connectivity index (χ1v) is 7.42. The third-order valence-corrected chi connectivity index (χ3v) is 3.92. The number of benzene rings is 1. The van der Waals surface area contributed by atoms with E-state index in [4.69, 9.17) is 18.0 Å². The van der Waals surface area contributed by atoms with Crippen LogP contribution >= 0.6 is 23.6 Å². The molecule has 0 aliphatic rings. The number of thiocarbonyl (C=S) groups is 1. The number of thiazole rings is 1. The van der Waals surface area contributed by atoms with Gasteiger partial charge in [-0.1, -0.05) is 18.3 Å². The molecule has 1 aromatic heterocycles. The van der Waals surface area contributed by atoms with Crippen molar-refractivity contribution in [3.8, 4) is 0 Å². The fraction of sp³-hybridized carbons (Fsp3) is 0.286. The molecule has 1 heterocycles. The summed E-state index contributed by atoms with van der Waals surface area (Å²) in [6, 6.07) is 4.54. The molecule has 3 nitrogen and oxygen atoms in total. The molecule has 0 aliphatic heterocycles. The van der Waals surface area contributed by atoms with Gasteiger partial charge >= 0.3 is 0 Å². The van der Waals surface area contributed by atoms with Crippen molar-refractivity contribution >= 4 is 28.5 Å². The highest BCUT2D eigenvalue weighted by Crippen LogP contribution is 2.16. The Morgan fingerprint density at radius 3 is 2.80 bits per heavy atom. The number of halogens is 1. The van der Waals surface area contributed by atoms with Crippen LogP contribution in [0.2, 0.25) is 0 Å². The lowest BCUT2D eigenvalue weighted by Gasteiger charge is -2.17. The van der Waals surface area contributed by atoms with Gasteiger partial charge in [0.25, 0.3) is 0 Å². The Hall–Kier alpha value is -1.37. The number of hydrogen-bond donors (Lipinski definition) is 1. The van der Waals surface area contributed by atoms with Gasteiger partial charge < -0.3 is 5.73 Å². The van der Waals surface area contributed by atoms with Crippen LogP contribution in [0, 0.1) is 12.7 Å². The van der Waals surface area contributed by atoms with Crippen LogP contribution in [0.4, 0.5) is 4.39 Å². The first-order chi connectivity index (χ1) is 9.45. The lowest BCUT2D eigenvalue weighted by molar-refractivity contribution is 0.315. The number of nitrogens with two attached hydrogens (primary N) is 1. The first kappa shape index (κ1) is 15.0. The zero-order chi connectivity index (χ0) is 14.7. The average molecular weight is 309 g/mol. The van der Waals surface area contributed by atoms with Crippen LogP contribution in [-0.4, -0.2) is 21.9 Å². The summed E-state index contributed by atoms with van der Waals surface area (Å²) in [5.74, 6) is -0.325. The Balaban J connectivity index is 2.11. The highest BCUT2D eigenvalue weighted by Gasteiger charge is 2.10. The second-order valence-electron chi connectivity index (χ2n) is 4.70. The molecule has 6 heteroatoms. The molecule has 106 valence electrons. The van der Waals surface area contributed by atoms with E-state index in [1.54, 1.807) is 17.4 Å². The molecule has 2 aromatic rings. The summed E-state index contributed by atoms with van der Waals surface area (Å²) in [5.41, 5.74) is 8.21. The van der Waals surface area contributed by atoms with E-state index in [2.05, 4.69) is 9.88 Å². The molecule has 2 N–H and O–H groups in total. The predicted molar refractivity (Wildman–Crippen MR) is 84.3 cm³/mol. The van der Waals surface area contributed by atoms with Gasteiger partial charge in [0.2, 0.25) is 0 Å². The second kappa shape index (κ2) is 6.39. The molecule has 0 saturated carbocycles. The molecule has 0 atom stereocenters. The standard InChI is InChI=1S/C14H16FN3S2/c1-9-17-12(8-20-9)7-18(2)6-10-3-4-11(15)5-13(10)14(16)19/h3-5,8H,6-7H2,1-2H3,(H2,16,19). The highest BCUT2D eigenvalue weighted by molar-refractivity contribution is 7.80. The highest BCUT2D eigenvalue weighted by atomic mass is 32.1. The molecule has 0 amide bonds. The summed E-state index contributed by atoms with van der Waals surface area (Å²) >= 11 is 6.61. The molecule has 20 heavy (non-hydrogen) atoms. The summed E-state index contributed by atoms with van der Waals surface area (Å²) in [4.78, 5) is 6.75. The van der Waals surface area contributed by atoms with Crippen LogP contribution in [0.1, 0.15) is 21.8 Å². The van der Waals surface area contributed by atoms with Crippen molar-refractivity contribution in [3.05, 3.63) is 51.2 Å². The van der Waals surface area contributed by atoms with E-state index in [1.165, 1.54) is 12.1 Å². The van der Waals surface area contributed by atoms with Crippen molar-refractivity contribution < 1.29 is 4.39 Å². The van der Waals surface area contributed by atoms with Crippen molar-refractivity contribution in [2.45, 2.75) is 20.0 Å². The summed E-state index contributed by atoms with van der Waals surface area (Å²) in [7, 11) is 1.99. The van der Waals surface area contributed by atoms with Crippen molar-refractivity contribution in [3.63, 3.8) is 0 Å². The Kier molecular flexibility index (Phi) is 4.80. The summed E-state index contributed by atoms with van der Waals surface area (Å²) < 4.78 is 13.3. The van der Waals surface area contributed by atoms with E-state index in [1.807, 2.05) is 19.4 Å². The maximum Gasteiger partial charge on any atom is 0.123 e. The maximum absolute atomic E-state index is 13.3. The van der Waals surface area contributed by atoms with Gasteiger partial charge in [0.1, 0.15) is 10.8 Å². The topological polar surface area (TPSA) is 42.2 Å². The Labute approximate surface area is 127 Å². The lowest BCUT2D eigenvalue weighted by atomic mass is 10.1. The number of rotatable bonds is 5. The van der Waals surface area contributed by atoms with Crippen LogP contribution in [0.25, 0.3) is 0 Å². The quantitative estimate of drug-likeness (QED) is 0.863. The van der Waals surface area contributed by atoms with E-state index in [9.17, 15) is 4.39 Å². The summed E-state index contributed by atoms with van der Waals surface area (Å²) in [6.07, 6.45) is 0. The number of aromatic nitrogens is 1. The molecule has 0 saturated heterocycles. The van der Waals surface area contributed by atoms with E-state index in [0.717, 1.165) is 22.8 Å². The molecular formula is C14H16FN3S2. The number of nitrogens with zero attached hydrogens (tertiary/aromatic N) is 2. The Morgan fingerprint density at radius 2 is 2.20 bits per heavy atom. The second-order valence-corrected chi connectivity index (χ2v) is 6.20. The van der Waals surface area contributed by atoms with Crippen LogP contribution < -0.4 is 5.73 Å². The Morgan fingerprint density at radius 1 is 1.45 bits per heavy atom. The average Bonchev–Trinajstić information content (AvgIpc) is 2.76. The van der Waals surface area contributed by atoms with E-state index in [-0.39, 0.29) is 10.8 Å². The summed E-state index contributed by atoms with van der Waals surface area (Å²) in [5, 5.41) is 3.10. The Bertz CT molecular complexity index is 625. The smallest absolute Gasteiger partial charge is 0.123 e. The zero-order valence-electron chi connectivity index (χ0n) is 11.4. The molecular weight excluding hydrogens is 293 g/mol. The van der Waals surface area contributed by atoms with E-state index >= 15 is 0 Å². The minimum Gasteiger partial charge on any atom is -0.389 e. The fourth-order valence-corrected chi connectivity index (χ4v) is 2.81. The number of hydrogen-bond acceptors (Lipinski definition) is 4. The van der Waals surface area contributed by atoms with Gasteiger partial charge in [-0.2, -0.15) is 0 Å². The van der Waals surface area contributed by atoms with Gasteiger partial charge in [-0.05, 0) is 31.7 Å². The molecule has 0 aliphatic carbocycles. The predicted octanol–water partition coefficient (Wildman–Crippen LogP) is 2.86. The van der Waals surface area contributed by atoms with Crippen LogP contribution in [0.5, 0.6) is 0 Å². The fourth-order valence-electron chi connectivity index (χ4n) is 2.02. The largest absolute Gasteiger partial charge is 0.389 e. The summed E-state index contributed by atoms with van der Waals surface area (Å²) in [6.45, 7) is 3.36. The van der Waals surface area contributed by atoms with Crippen molar-refractivity contribution in [1.29, 1.82) is 0 Å². The maximum atomic E-state index is 13.3. The molecule has 0 radical (unpaired) electrons. The monoisotopic (exact) mass is 309 g/mol. The van der Waals surface area contributed by atoms with Gasteiger partial charge in [-0.3, -0.25) is 4.90 Å². The van der Waals surface area contributed by atoms with Gasteiger partial charge in [0, 0.05) is 24.0 Å². The van der Waals surface area contributed by atoms with Gasteiger partial charge in [-0.25, -0.2) is 9.37 Å². The molecule has 0 unspecified atom stereocenters. The normalized spacial score (nSPS) is 11.0. The van der Waals surface area contributed by atoms with Crippen LogP contribution in [-0.2, 0) is 13.1 Å². The SMILES string of the molecule is Cc1nc(CN(C)Cc2ccc(F)cc2C(N)=S)cs1. The zero-order valence-corrected chi connectivity index (χ0v) is 13.0. The van der Waals surface area contributed by atoms with E-state index in [0.29, 0.717) is 12.1 Å². The molecule has 0 bridgehead atoms. The van der Waals surface area contributed by atoms with E-state index < -0.39 is 0 Å². The lowest BCUT2D eigenvalue weighted by Crippen LogP contribution is -2.21. The van der Waals surface area contributed by atoms with Gasteiger partial charge in [-0.15, -0.1) is 11.3 Å². The van der Waals surface area contributed by atoms with Crippen molar-refractivity contribution in [2.24, 2.45) is 5.73 Å². The third kappa shape index (κ3) is 3.82. The molecule has 1 aromatic carbocycles. The van der Waals surface area contributed by atoms with Gasteiger partial charge in [0.15, 0.2) is 0 Å². The molecule has 2 rings (SSSR count).